The summed E-state index contributed by atoms with van der Waals surface area (Å²) in [6.45, 7) is 3.55. The van der Waals surface area contributed by atoms with Crippen molar-refractivity contribution in [1.82, 2.24) is 14.5 Å². The van der Waals surface area contributed by atoms with E-state index in [1.807, 2.05) is 6.92 Å². The van der Waals surface area contributed by atoms with Gasteiger partial charge in [0.2, 0.25) is 0 Å². The number of aryl methyl sites for hydroxylation is 2. The standard InChI is InChI=1S/C22H26N4O4/c1-4-26-18-9-8-16(12-17(18)24-15(2)20(26)28)21(29)30-13-19(27)25(3)22(14-23)10-6-5-7-11-22/h8-9,12H,4-7,10-11,13H2,1-3H3. The number of nitriles is 1. The third-order valence-electron chi connectivity index (χ3n) is 5.89. The van der Waals surface area contributed by atoms with Gasteiger partial charge in [-0.1, -0.05) is 19.3 Å². The third-order valence-corrected chi connectivity index (χ3v) is 5.89. The van der Waals surface area contributed by atoms with E-state index in [0.717, 1.165) is 19.3 Å². The minimum atomic E-state index is -0.823. The van der Waals surface area contributed by atoms with Gasteiger partial charge in [0.15, 0.2) is 6.61 Å². The van der Waals surface area contributed by atoms with Crippen LogP contribution in [0.3, 0.4) is 0 Å². The van der Waals surface area contributed by atoms with Crippen molar-refractivity contribution in [2.75, 3.05) is 13.7 Å². The number of amides is 1. The predicted molar refractivity (Wildman–Crippen MR) is 111 cm³/mol. The molecule has 1 fully saturated rings. The smallest absolute Gasteiger partial charge is 0.338 e. The second kappa shape index (κ2) is 8.66. The number of nitrogens with zero attached hydrogens (tertiary/aromatic N) is 4. The highest BCUT2D eigenvalue weighted by molar-refractivity contribution is 5.94. The summed E-state index contributed by atoms with van der Waals surface area (Å²) in [5.41, 5.74) is 0.754. The van der Waals surface area contributed by atoms with E-state index in [1.165, 1.54) is 4.90 Å². The Morgan fingerprint density at radius 2 is 2.00 bits per heavy atom. The lowest BCUT2D eigenvalue weighted by atomic mass is 9.81. The molecule has 1 aromatic carbocycles. The van der Waals surface area contributed by atoms with Gasteiger partial charge in [0, 0.05) is 13.6 Å². The van der Waals surface area contributed by atoms with Crippen molar-refractivity contribution in [2.24, 2.45) is 0 Å². The fourth-order valence-electron chi connectivity index (χ4n) is 4.02. The lowest BCUT2D eigenvalue weighted by Crippen LogP contribution is -2.51. The molecule has 0 N–H and O–H groups in total. The first-order valence-corrected chi connectivity index (χ1v) is 10.2. The van der Waals surface area contributed by atoms with Crippen LogP contribution in [0.15, 0.2) is 23.0 Å². The second-order valence-corrected chi connectivity index (χ2v) is 7.68. The normalized spacial score (nSPS) is 15.4. The van der Waals surface area contributed by atoms with E-state index in [1.54, 1.807) is 36.7 Å². The zero-order chi connectivity index (χ0) is 21.9. The molecule has 8 nitrogen and oxygen atoms in total. The van der Waals surface area contributed by atoms with Gasteiger partial charge in [-0.2, -0.15) is 5.26 Å². The topological polar surface area (TPSA) is 105 Å². The number of likely N-dealkylation sites (N-methyl/N-ethyl adjacent to an activating group) is 1. The minimum Gasteiger partial charge on any atom is -0.452 e. The van der Waals surface area contributed by atoms with Crippen molar-refractivity contribution >= 4 is 22.9 Å². The summed E-state index contributed by atoms with van der Waals surface area (Å²) < 4.78 is 6.81. The molecular weight excluding hydrogens is 384 g/mol. The Morgan fingerprint density at radius 1 is 1.30 bits per heavy atom. The summed E-state index contributed by atoms with van der Waals surface area (Å²) in [6.07, 6.45) is 4.12. The average molecular weight is 410 g/mol. The van der Waals surface area contributed by atoms with Gasteiger partial charge >= 0.3 is 5.97 Å². The molecule has 1 aliphatic carbocycles. The first-order valence-electron chi connectivity index (χ1n) is 10.2. The van der Waals surface area contributed by atoms with E-state index in [2.05, 4.69) is 11.1 Å². The predicted octanol–water partition coefficient (Wildman–Crippen LogP) is 2.57. The van der Waals surface area contributed by atoms with Crippen LogP contribution in [0.25, 0.3) is 11.0 Å². The van der Waals surface area contributed by atoms with Crippen molar-refractivity contribution in [1.29, 1.82) is 5.26 Å². The van der Waals surface area contributed by atoms with Gasteiger partial charge in [-0.15, -0.1) is 0 Å². The molecule has 0 spiro atoms. The highest BCUT2D eigenvalue weighted by Crippen LogP contribution is 2.32. The van der Waals surface area contributed by atoms with Crippen LogP contribution < -0.4 is 5.56 Å². The number of carbonyl (C=O) groups is 2. The molecule has 8 heteroatoms. The first-order chi connectivity index (χ1) is 14.3. The molecule has 1 saturated carbocycles. The zero-order valence-corrected chi connectivity index (χ0v) is 17.6. The second-order valence-electron chi connectivity index (χ2n) is 7.68. The van der Waals surface area contributed by atoms with Gasteiger partial charge in [-0.3, -0.25) is 9.59 Å². The fourth-order valence-corrected chi connectivity index (χ4v) is 4.02. The summed E-state index contributed by atoms with van der Waals surface area (Å²) in [5, 5.41) is 9.62. The number of aromatic nitrogens is 2. The monoisotopic (exact) mass is 410 g/mol. The molecule has 0 aliphatic heterocycles. The Hall–Kier alpha value is -3.21. The van der Waals surface area contributed by atoms with Gasteiger partial charge in [0.05, 0.1) is 22.7 Å². The maximum atomic E-state index is 12.6. The number of carbonyl (C=O) groups excluding carboxylic acids is 2. The highest BCUT2D eigenvalue weighted by Gasteiger charge is 2.39. The van der Waals surface area contributed by atoms with Gasteiger partial charge in [0.1, 0.15) is 11.2 Å². The largest absolute Gasteiger partial charge is 0.452 e. The number of benzene rings is 1. The van der Waals surface area contributed by atoms with E-state index in [0.29, 0.717) is 36.1 Å². The number of ether oxygens (including phenoxy) is 1. The summed E-state index contributed by atoms with van der Waals surface area (Å²) in [7, 11) is 1.59. The average Bonchev–Trinajstić information content (AvgIpc) is 2.77. The van der Waals surface area contributed by atoms with Crippen LogP contribution >= 0.6 is 0 Å². The van der Waals surface area contributed by atoms with Crippen LogP contribution in [0.1, 0.15) is 55.1 Å². The van der Waals surface area contributed by atoms with E-state index >= 15 is 0 Å². The van der Waals surface area contributed by atoms with E-state index < -0.39 is 24.0 Å². The van der Waals surface area contributed by atoms with Crippen LogP contribution in [0, 0.1) is 18.3 Å². The number of rotatable bonds is 5. The molecule has 1 aromatic heterocycles. The minimum absolute atomic E-state index is 0.164. The number of hydrogen-bond acceptors (Lipinski definition) is 6. The van der Waals surface area contributed by atoms with Crippen LogP contribution in [0.4, 0.5) is 0 Å². The Bertz CT molecular complexity index is 1080. The molecule has 1 heterocycles. The lowest BCUT2D eigenvalue weighted by molar-refractivity contribution is -0.138. The van der Waals surface area contributed by atoms with Crippen LogP contribution in [0.2, 0.25) is 0 Å². The maximum absolute atomic E-state index is 12.6. The SMILES string of the molecule is CCn1c(=O)c(C)nc2cc(C(=O)OCC(=O)N(C)C3(C#N)CCCCC3)ccc21. The van der Waals surface area contributed by atoms with Crippen molar-refractivity contribution in [3.05, 3.63) is 39.8 Å². The molecule has 0 bridgehead atoms. The van der Waals surface area contributed by atoms with Gasteiger partial charge in [0.25, 0.3) is 11.5 Å². The van der Waals surface area contributed by atoms with E-state index in [9.17, 15) is 19.6 Å². The molecule has 30 heavy (non-hydrogen) atoms. The first kappa shape index (κ1) is 21.5. The van der Waals surface area contributed by atoms with Crippen molar-refractivity contribution in [3.63, 3.8) is 0 Å². The lowest BCUT2D eigenvalue weighted by Gasteiger charge is -2.38. The molecule has 2 aromatic rings. The van der Waals surface area contributed by atoms with Gasteiger partial charge < -0.3 is 14.2 Å². The Balaban J connectivity index is 1.74. The Kier molecular flexibility index (Phi) is 6.20. The zero-order valence-electron chi connectivity index (χ0n) is 17.6. The van der Waals surface area contributed by atoms with Crippen molar-refractivity contribution < 1.29 is 14.3 Å². The summed E-state index contributed by atoms with van der Waals surface area (Å²) >= 11 is 0. The van der Waals surface area contributed by atoms with Crippen LogP contribution in [-0.4, -0.2) is 45.5 Å². The molecule has 0 unspecified atom stereocenters. The van der Waals surface area contributed by atoms with Crippen molar-refractivity contribution in [2.45, 2.75) is 58.0 Å². The molecule has 158 valence electrons. The Labute approximate surface area is 175 Å². The number of fused-ring (bicyclic) bond motifs is 1. The quantitative estimate of drug-likeness (QED) is 0.702. The maximum Gasteiger partial charge on any atom is 0.338 e. The molecule has 3 rings (SSSR count). The summed E-state index contributed by atoms with van der Waals surface area (Å²) in [4.78, 5) is 43.0. The fraction of sp³-hybridized carbons (Fsp3) is 0.500. The molecule has 0 atom stereocenters. The van der Waals surface area contributed by atoms with Crippen molar-refractivity contribution in [3.8, 4) is 6.07 Å². The highest BCUT2D eigenvalue weighted by atomic mass is 16.5. The van der Waals surface area contributed by atoms with E-state index in [-0.39, 0.29) is 11.1 Å². The van der Waals surface area contributed by atoms with Gasteiger partial charge in [-0.05, 0) is 44.9 Å². The van der Waals surface area contributed by atoms with E-state index in [4.69, 9.17) is 4.74 Å². The number of esters is 1. The summed E-state index contributed by atoms with van der Waals surface area (Å²) in [5.74, 6) is -1.05. The van der Waals surface area contributed by atoms with Crippen LogP contribution in [0.5, 0.6) is 0 Å². The molecular formula is C22H26N4O4. The molecule has 1 aliphatic rings. The molecule has 0 saturated heterocycles. The Morgan fingerprint density at radius 3 is 2.63 bits per heavy atom. The summed E-state index contributed by atoms with van der Waals surface area (Å²) in [6, 6.07) is 7.06. The molecule has 1 amide bonds. The number of hydrogen-bond donors (Lipinski definition) is 0. The van der Waals surface area contributed by atoms with Gasteiger partial charge in [-0.25, -0.2) is 9.78 Å². The van der Waals surface area contributed by atoms with Crippen LogP contribution in [-0.2, 0) is 16.1 Å². The molecule has 0 radical (unpaired) electrons. The third kappa shape index (κ3) is 3.92.